The van der Waals surface area contributed by atoms with Gasteiger partial charge in [0.1, 0.15) is 5.76 Å². The van der Waals surface area contributed by atoms with Crippen LogP contribution in [0.15, 0.2) is 48.3 Å². The molecular weight excluding hydrogens is 506 g/mol. The van der Waals surface area contributed by atoms with Gasteiger partial charge in [0.25, 0.3) is 5.85 Å². The first-order valence-corrected chi connectivity index (χ1v) is 14.0. The maximum Gasteiger partial charge on any atom is 0.426 e. The van der Waals surface area contributed by atoms with Gasteiger partial charge in [-0.3, -0.25) is 4.74 Å². The first kappa shape index (κ1) is 29.0. The summed E-state index contributed by atoms with van der Waals surface area (Å²) in [5.41, 5.74) is 0.582. The first-order valence-electron chi connectivity index (χ1n) is 14.0. The minimum atomic E-state index is -3.82. The highest BCUT2D eigenvalue weighted by Crippen LogP contribution is 2.45. The molecule has 0 spiro atoms. The quantitative estimate of drug-likeness (QED) is 0.273. The number of halogens is 6. The Labute approximate surface area is 221 Å². The molecule has 0 aliphatic heterocycles. The van der Waals surface area contributed by atoms with Gasteiger partial charge in [0.15, 0.2) is 6.17 Å². The second-order valence-corrected chi connectivity index (χ2v) is 11.2. The Morgan fingerprint density at radius 2 is 1.55 bits per heavy atom. The Balaban J connectivity index is 1.28. The van der Waals surface area contributed by atoms with E-state index in [0.29, 0.717) is 24.1 Å². The third kappa shape index (κ3) is 7.16. The summed E-state index contributed by atoms with van der Waals surface area (Å²) in [5, 5.41) is 0. The lowest BCUT2D eigenvalue weighted by Crippen LogP contribution is -2.38. The van der Waals surface area contributed by atoms with Gasteiger partial charge in [-0.05, 0) is 98.1 Å². The third-order valence-corrected chi connectivity index (χ3v) is 8.69. The fraction of sp³-hybridized carbons (Fsp3) is 0.667. The van der Waals surface area contributed by atoms with Crippen LogP contribution in [0.25, 0.3) is 0 Å². The highest BCUT2D eigenvalue weighted by molar-refractivity contribution is 5.30. The molecule has 3 aliphatic carbocycles. The van der Waals surface area contributed by atoms with Crippen molar-refractivity contribution in [2.45, 2.75) is 108 Å². The van der Waals surface area contributed by atoms with Crippen molar-refractivity contribution in [3.8, 4) is 0 Å². The molecule has 4 rings (SSSR count). The van der Waals surface area contributed by atoms with Crippen LogP contribution in [0.5, 0.6) is 0 Å². The van der Waals surface area contributed by atoms with Gasteiger partial charge in [-0.15, -0.1) is 0 Å². The Bertz CT molecular complexity index is 946. The molecule has 2 fully saturated rings. The van der Waals surface area contributed by atoms with Gasteiger partial charge >= 0.3 is 12.7 Å². The maximum absolute atomic E-state index is 14.7. The van der Waals surface area contributed by atoms with Crippen molar-refractivity contribution in [3.05, 3.63) is 59.4 Å². The lowest BCUT2D eigenvalue weighted by Gasteiger charge is -2.38. The number of unbranched alkanes of at least 4 members (excludes halogenated alkanes) is 1. The molecule has 3 aliphatic rings. The van der Waals surface area contributed by atoms with Gasteiger partial charge in [-0.2, -0.15) is 17.6 Å². The van der Waals surface area contributed by atoms with E-state index >= 15 is 0 Å². The van der Waals surface area contributed by atoms with Crippen LogP contribution in [0.2, 0.25) is 0 Å². The Hall–Kier alpha value is -1.96. The second kappa shape index (κ2) is 12.5. The first-order chi connectivity index (χ1) is 18.1. The molecule has 212 valence electrons. The van der Waals surface area contributed by atoms with Crippen molar-refractivity contribution in [2.24, 2.45) is 17.8 Å². The molecule has 0 amide bonds. The van der Waals surface area contributed by atoms with Crippen LogP contribution >= 0.6 is 0 Å². The van der Waals surface area contributed by atoms with Gasteiger partial charge in [0, 0.05) is 0 Å². The largest absolute Gasteiger partial charge is 0.429 e. The maximum atomic E-state index is 14.7. The monoisotopic (exact) mass is 544 g/mol. The molecule has 0 heterocycles. The summed E-state index contributed by atoms with van der Waals surface area (Å²) in [4.78, 5) is 0. The zero-order valence-electron chi connectivity index (χ0n) is 21.9. The van der Waals surface area contributed by atoms with E-state index in [1.807, 2.05) is 0 Å². The molecular formula is C30H38F6O2. The molecule has 1 aromatic rings. The highest BCUT2D eigenvalue weighted by Gasteiger charge is 2.44. The van der Waals surface area contributed by atoms with Gasteiger partial charge in [0.05, 0.1) is 5.56 Å². The lowest BCUT2D eigenvalue weighted by molar-refractivity contribution is -0.256. The van der Waals surface area contributed by atoms with Crippen LogP contribution in [0.4, 0.5) is 26.3 Å². The van der Waals surface area contributed by atoms with Crippen LogP contribution in [0, 0.1) is 17.8 Å². The zero-order valence-corrected chi connectivity index (χ0v) is 21.9. The van der Waals surface area contributed by atoms with E-state index in [4.69, 9.17) is 0 Å². The van der Waals surface area contributed by atoms with E-state index in [9.17, 15) is 26.3 Å². The van der Waals surface area contributed by atoms with Gasteiger partial charge < -0.3 is 4.74 Å². The molecule has 0 N–H and O–H groups in total. The van der Waals surface area contributed by atoms with Crippen molar-refractivity contribution in [1.82, 2.24) is 0 Å². The Kier molecular flexibility index (Phi) is 9.53. The average molecular weight is 545 g/mol. The van der Waals surface area contributed by atoms with E-state index in [1.165, 1.54) is 69.9 Å². The minimum absolute atomic E-state index is 0.312. The molecule has 2 nitrogen and oxygen atoms in total. The van der Waals surface area contributed by atoms with Crippen LogP contribution in [0.3, 0.4) is 0 Å². The number of rotatable bonds is 10. The molecule has 0 saturated heterocycles. The molecule has 2 unspecified atom stereocenters. The van der Waals surface area contributed by atoms with Crippen molar-refractivity contribution in [1.29, 1.82) is 0 Å². The molecule has 38 heavy (non-hydrogen) atoms. The molecule has 2 saturated carbocycles. The number of alkyl halides is 6. The van der Waals surface area contributed by atoms with Crippen molar-refractivity contribution < 1.29 is 35.8 Å². The van der Waals surface area contributed by atoms with E-state index in [2.05, 4.69) is 16.4 Å². The normalized spacial score (nSPS) is 32.3. The van der Waals surface area contributed by atoms with Crippen LogP contribution < -0.4 is 0 Å². The van der Waals surface area contributed by atoms with Crippen LogP contribution in [-0.4, -0.2) is 18.6 Å². The number of ether oxygens (including phenoxy) is 2. The predicted octanol–water partition coefficient (Wildman–Crippen LogP) is 9.72. The smallest absolute Gasteiger partial charge is 0.426 e. The Morgan fingerprint density at radius 1 is 0.947 bits per heavy atom. The molecule has 8 heteroatoms. The standard InChI is InChI=1S/C30H38F6O2/c1-2-3-4-20-5-7-21(8-6-20)22-9-11-23(12-10-22)24-13-15-25(16-14-24)30(35,36)37-26-17-18-29(34,27(31)19-26)38-28(32)33/h13-23,27-28H,2-12H2,1H3. The third-order valence-electron chi connectivity index (χ3n) is 8.69. The van der Waals surface area contributed by atoms with Crippen LogP contribution in [-0.2, 0) is 15.6 Å². The van der Waals surface area contributed by atoms with Crippen molar-refractivity contribution in [2.75, 3.05) is 0 Å². The van der Waals surface area contributed by atoms with Gasteiger partial charge in [-0.25, -0.2) is 8.78 Å². The number of hydrogen-bond acceptors (Lipinski definition) is 2. The number of hydrogen-bond donors (Lipinski definition) is 0. The predicted molar refractivity (Wildman–Crippen MR) is 134 cm³/mol. The number of benzene rings is 1. The van der Waals surface area contributed by atoms with E-state index < -0.39 is 36.1 Å². The summed E-state index contributed by atoms with van der Waals surface area (Å²) in [6, 6.07) is 5.95. The Morgan fingerprint density at radius 3 is 2.11 bits per heavy atom. The van der Waals surface area contributed by atoms with E-state index in [0.717, 1.165) is 36.2 Å². The summed E-state index contributed by atoms with van der Waals surface area (Å²) in [6.45, 7) is -1.31. The van der Waals surface area contributed by atoms with Gasteiger partial charge in [0.2, 0.25) is 0 Å². The summed E-state index contributed by atoms with van der Waals surface area (Å²) >= 11 is 0. The van der Waals surface area contributed by atoms with E-state index in [-0.39, 0.29) is 0 Å². The van der Waals surface area contributed by atoms with E-state index in [1.54, 1.807) is 12.1 Å². The minimum Gasteiger partial charge on any atom is -0.429 e. The van der Waals surface area contributed by atoms with Crippen molar-refractivity contribution in [3.63, 3.8) is 0 Å². The highest BCUT2D eigenvalue weighted by atomic mass is 19.3. The SMILES string of the molecule is CCCCC1CCC(C2CCC(c3ccc(C(F)(F)OC4=CC(F)C(F)(OC(F)F)C=C4)cc3)CC2)CC1. The summed E-state index contributed by atoms with van der Waals surface area (Å²) < 4.78 is 90.4. The average Bonchev–Trinajstić information content (AvgIpc) is 2.90. The zero-order chi connectivity index (χ0) is 27.3. The molecule has 0 aromatic heterocycles. The fourth-order valence-electron chi connectivity index (χ4n) is 6.43. The molecule has 0 bridgehead atoms. The fourth-order valence-corrected chi connectivity index (χ4v) is 6.43. The number of allylic oxidation sites excluding steroid dienone is 1. The molecule has 2 atom stereocenters. The van der Waals surface area contributed by atoms with Crippen molar-refractivity contribution >= 4 is 0 Å². The molecule has 0 radical (unpaired) electrons. The van der Waals surface area contributed by atoms with Crippen LogP contribution in [0.1, 0.15) is 94.6 Å². The topological polar surface area (TPSA) is 18.5 Å². The summed E-state index contributed by atoms with van der Waals surface area (Å²) in [5.74, 6) is -1.28. The second-order valence-electron chi connectivity index (χ2n) is 11.2. The summed E-state index contributed by atoms with van der Waals surface area (Å²) in [7, 11) is 0. The lowest BCUT2D eigenvalue weighted by atomic mass is 9.68. The summed E-state index contributed by atoms with van der Waals surface area (Å²) in [6.07, 6.45) is 8.62. The molecule has 1 aromatic carbocycles. The van der Waals surface area contributed by atoms with Gasteiger partial charge in [-0.1, -0.05) is 51.2 Å².